The highest BCUT2D eigenvalue weighted by Crippen LogP contribution is 2.29. The zero-order chi connectivity index (χ0) is 19.6. The van der Waals surface area contributed by atoms with Crippen molar-refractivity contribution >= 4 is 35.6 Å². The second-order valence-corrected chi connectivity index (χ2v) is 5.76. The van der Waals surface area contributed by atoms with E-state index in [0.717, 1.165) is 0 Å². The molecule has 28 heavy (non-hydrogen) atoms. The lowest BCUT2D eigenvalue weighted by Crippen LogP contribution is -2.26. The SMILES string of the molecule is CCOc1ccc(OCC)c(NC(N)=NCC(C)Oc2ccc(F)cc2)c1.I. The standard InChI is InChI=1S/C20H26FN3O3.HI/c1-4-25-17-10-11-19(26-5-2)18(12-17)24-20(22)23-13-14(3)27-16-8-6-15(21)7-9-16;/h6-12,14H,4-5,13H2,1-3H3,(H3,22,23,24);1H. The first-order chi connectivity index (χ1) is 13.0. The molecule has 0 radical (unpaired) electrons. The monoisotopic (exact) mass is 503 g/mol. The molecule has 0 amide bonds. The lowest BCUT2D eigenvalue weighted by atomic mass is 10.2. The third-order valence-corrected chi connectivity index (χ3v) is 3.49. The van der Waals surface area contributed by atoms with Crippen LogP contribution in [0.2, 0.25) is 0 Å². The van der Waals surface area contributed by atoms with Crippen LogP contribution in [-0.4, -0.2) is 31.8 Å². The number of nitrogens with one attached hydrogen (secondary N) is 1. The Labute approximate surface area is 182 Å². The summed E-state index contributed by atoms with van der Waals surface area (Å²) in [5, 5.41) is 3.04. The van der Waals surface area contributed by atoms with E-state index in [4.69, 9.17) is 19.9 Å². The third kappa shape index (κ3) is 7.79. The Balaban J connectivity index is 0.00000392. The first-order valence-electron chi connectivity index (χ1n) is 8.90. The first-order valence-corrected chi connectivity index (χ1v) is 8.90. The molecule has 1 unspecified atom stereocenters. The molecule has 2 rings (SSSR count). The van der Waals surface area contributed by atoms with E-state index in [1.807, 2.05) is 39.0 Å². The quantitative estimate of drug-likeness (QED) is 0.301. The topological polar surface area (TPSA) is 78.1 Å². The van der Waals surface area contributed by atoms with Gasteiger partial charge in [0.05, 0.1) is 25.4 Å². The van der Waals surface area contributed by atoms with Crippen molar-refractivity contribution in [3.8, 4) is 17.2 Å². The van der Waals surface area contributed by atoms with Gasteiger partial charge in [0.2, 0.25) is 0 Å². The average Bonchev–Trinajstić information content (AvgIpc) is 2.64. The number of nitrogens with zero attached hydrogens (tertiary/aromatic N) is 1. The van der Waals surface area contributed by atoms with Crippen LogP contribution in [0.3, 0.4) is 0 Å². The summed E-state index contributed by atoms with van der Waals surface area (Å²) in [4.78, 5) is 4.30. The van der Waals surface area contributed by atoms with Crippen LogP contribution in [0.25, 0.3) is 0 Å². The molecule has 0 saturated carbocycles. The molecule has 0 spiro atoms. The minimum absolute atomic E-state index is 0. The Morgan fingerprint density at radius 3 is 2.36 bits per heavy atom. The Morgan fingerprint density at radius 1 is 1.07 bits per heavy atom. The first kappa shape index (κ1) is 23.8. The van der Waals surface area contributed by atoms with Gasteiger partial charge in [0.15, 0.2) is 5.96 Å². The number of halogens is 2. The van der Waals surface area contributed by atoms with E-state index in [-0.39, 0.29) is 41.9 Å². The summed E-state index contributed by atoms with van der Waals surface area (Å²) in [6, 6.07) is 11.3. The molecule has 0 aromatic heterocycles. The van der Waals surface area contributed by atoms with Crippen LogP contribution in [0.4, 0.5) is 10.1 Å². The highest BCUT2D eigenvalue weighted by atomic mass is 127. The second-order valence-electron chi connectivity index (χ2n) is 5.76. The Bertz CT molecular complexity index is 757. The molecule has 0 saturated heterocycles. The molecule has 8 heteroatoms. The maximum Gasteiger partial charge on any atom is 0.193 e. The summed E-state index contributed by atoms with van der Waals surface area (Å²) in [5.74, 6) is 1.88. The average molecular weight is 503 g/mol. The molecule has 1 atom stereocenters. The summed E-state index contributed by atoms with van der Waals surface area (Å²) < 4.78 is 29.7. The second kappa shape index (κ2) is 12.3. The van der Waals surface area contributed by atoms with Gasteiger partial charge < -0.3 is 25.3 Å². The van der Waals surface area contributed by atoms with E-state index in [0.29, 0.717) is 42.7 Å². The maximum absolute atomic E-state index is 12.9. The number of rotatable bonds is 9. The number of nitrogens with two attached hydrogens (primary N) is 1. The summed E-state index contributed by atoms with van der Waals surface area (Å²) in [7, 11) is 0. The van der Waals surface area contributed by atoms with E-state index < -0.39 is 0 Å². The molecular weight excluding hydrogens is 476 g/mol. The Hall–Kier alpha value is -2.23. The minimum atomic E-state index is -0.305. The lowest BCUT2D eigenvalue weighted by molar-refractivity contribution is 0.230. The van der Waals surface area contributed by atoms with Crippen molar-refractivity contribution in [3.63, 3.8) is 0 Å². The zero-order valence-electron chi connectivity index (χ0n) is 16.3. The van der Waals surface area contributed by atoms with Gasteiger partial charge in [0, 0.05) is 6.07 Å². The van der Waals surface area contributed by atoms with Crippen molar-refractivity contribution in [2.45, 2.75) is 26.9 Å². The number of guanidine groups is 1. The maximum atomic E-state index is 12.9. The van der Waals surface area contributed by atoms with Crippen LogP contribution in [-0.2, 0) is 0 Å². The molecule has 154 valence electrons. The van der Waals surface area contributed by atoms with Crippen molar-refractivity contribution in [3.05, 3.63) is 48.3 Å². The van der Waals surface area contributed by atoms with Crippen LogP contribution in [0.15, 0.2) is 47.5 Å². The summed E-state index contributed by atoms with van der Waals surface area (Å²) in [5.41, 5.74) is 6.67. The van der Waals surface area contributed by atoms with Gasteiger partial charge in [0.25, 0.3) is 0 Å². The normalized spacial score (nSPS) is 11.9. The van der Waals surface area contributed by atoms with E-state index in [2.05, 4.69) is 10.3 Å². The highest BCUT2D eigenvalue weighted by molar-refractivity contribution is 14.0. The van der Waals surface area contributed by atoms with E-state index in [1.165, 1.54) is 12.1 Å². The summed E-state index contributed by atoms with van der Waals surface area (Å²) >= 11 is 0. The molecular formula is C20H27FIN3O3. The number of benzene rings is 2. The highest BCUT2D eigenvalue weighted by Gasteiger charge is 2.08. The molecule has 0 bridgehead atoms. The van der Waals surface area contributed by atoms with Crippen LogP contribution in [0, 0.1) is 5.82 Å². The van der Waals surface area contributed by atoms with Crippen LogP contribution in [0.5, 0.6) is 17.2 Å². The fourth-order valence-corrected chi connectivity index (χ4v) is 2.33. The number of hydrogen-bond acceptors (Lipinski definition) is 4. The number of hydrogen-bond donors (Lipinski definition) is 2. The van der Waals surface area contributed by atoms with Gasteiger partial charge in [-0.3, -0.25) is 0 Å². The van der Waals surface area contributed by atoms with Gasteiger partial charge in [-0.2, -0.15) is 0 Å². The molecule has 6 nitrogen and oxygen atoms in total. The summed E-state index contributed by atoms with van der Waals surface area (Å²) in [6.45, 7) is 7.12. The van der Waals surface area contributed by atoms with Crippen molar-refractivity contribution in [2.24, 2.45) is 10.7 Å². The van der Waals surface area contributed by atoms with E-state index in [1.54, 1.807) is 12.1 Å². The van der Waals surface area contributed by atoms with Crippen LogP contribution in [0.1, 0.15) is 20.8 Å². The van der Waals surface area contributed by atoms with Crippen molar-refractivity contribution in [1.29, 1.82) is 0 Å². The lowest BCUT2D eigenvalue weighted by Gasteiger charge is -2.15. The minimum Gasteiger partial charge on any atom is -0.494 e. The van der Waals surface area contributed by atoms with Gasteiger partial charge in [-0.15, -0.1) is 24.0 Å². The van der Waals surface area contributed by atoms with Crippen molar-refractivity contribution in [1.82, 2.24) is 0 Å². The fraction of sp³-hybridized carbons (Fsp3) is 0.350. The van der Waals surface area contributed by atoms with Crippen LogP contribution < -0.4 is 25.3 Å². The molecule has 2 aromatic rings. The molecule has 0 aliphatic rings. The van der Waals surface area contributed by atoms with Gasteiger partial charge >= 0.3 is 0 Å². The number of ether oxygens (including phenoxy) is 3. The Morgan fingerprint density at radius 2 is 1.71 bits per heavy atom. The number of aliphatic imine (C=N–C) groups is 1. The predicted octanol–water partition coefficient (Wildman–Crippen LogP) is 4.44. The van der Waals surface area contributed by atoms with Crippen molar-refractivity contribution in [2.75, 3.05) is 25.1 Å². The summed E-state index contributed by atoms with van der Waals surface area (Å²) in [6.07, 6.45) is -0.225. The molecule has 0 fully saturated rings. The molecule has 3 N–H and O–H groups in total. The predicted molar refractivity (Wildman–Crippen MR) is 121 cm³/mol. The number of anilines is 1. The molecule has 2 aromatic carbocycles. The molecule has 0 heterocycles. The van der Waals surface area contributed by atoms with Crippen LogP contribution >= 0.6 is 24.0 Å². The third-order valence-electron chi connectivity index (χ3n) is 3.49. The van der Waals surface area contributed by atoms with E-state index >= 15 is 0 Å². The van der Waals surface area contributed by atoms with Gasteiger partial charge in [-0.05, 0) is 57.2 Å². The van der Waals surface area contributed by atoms with Gasteiger partial charge in [-0.1, -0.05) is 0 Å². The van der Waals surface area contributed by atoms with Gasteiger partial charge in [-0.25, -0.2) is 9.38 Å². The zero-order valence-corrected chi connectivity index (χ0v) is 18.6. The molecule has 0 aliphatic heterocycles. The fourth-order valence-electron chi connectivity index (χ4n) is 2.33. The molecule has 0 aliphatic carbocycles. The van der Waals surface area contributed by atoms with Crippen molar-refractivity contribution < 1.29 is 18.6 Å². The van der Waals surface area contributed by atoms with E-state index in [9.17, 15) is 4.39 Å². The largest absolute Gasteiger partial charge is 0.494 e. The van der Waals surface area contributed by atoms with Gasteiger partial charge in [0.1, 0.15) is 29.2 Å². The Kier molecular flexibility index (Phi) is 10.4. The smallest absolute Gasteiger partial charge is 0.193 e.